The minimum atomic E-state index is -4.01. The molecule has 0 aliphatic rings. The zero-order valence-electron chi connectivity index (χ0n) is 28.9. The largest absolute Gasteiger partial charge is 0.424 e. The van der Waals surface area contributed by atoms with Crippen LogP contribution in [0, 0.1) is 5.92 Å². The monoisotopic (exact) mass is 683 g/mol. The number of oxazole rings is 1. The number of hydrogen-bond donors (Lipinski definition) is 2. The third-order valence-corrected chi connectivity index (χ3v) is 10.3. The molecule has 9 nitrogen and oxygen atoms in total. The van der Waals surface area contributed by atoms with Gasteiger partial charge in [0.25, 0.3) is 6.01 Å². The second-order valence-electron chi connectivity index (χ2n) is 13.3. The van der Waals surface area contributed by atoms with Gasteiger partial charge in [0, 0.05) is 51.4 Å². The van der Waals surface area contributed by atoms with Crippen molar-refractivity contribution in [2.24, 2.45) is 5.92 Å². The Balaban J connectivity index is 1.46. The lowest BCUT2D eigenvalue weighted by atomic mass is 9.97. The highest BCUT2D eigenvalue weighted by molar-refractivity contribution is 7.89. The number of aromatic nitrogens is 1. The molecule has 1 aromatic heterocycles. The Morgan fingerprint density at radius 2 is 1.37 bits per heavy atom. The number of aliphatic hydroxyl groups excluding tert-OH is 1. The molecule has 10 heteroatoms. The molecule has 0 saturated heterocycles. The van der Waals surface area contributed by atoms with Gasteiger partial charge in [-0.25, -0.2) is 8.42 Å². The standard InChI is InChI=1S/C39H49N5O4S/c1-30(2)26-44(49(46,47)34-20-21-35-38(25-34)48-39(41-35)40-22-23-42(3)4)29-37(45)36(24-31-14-8-5-9-15-31)43(27-32-16-10-6-11-17-32)28-33-18-12-7-13-19-33/h5-21,25,30,36-37,45H,22-24,26-29H2,1-4H3,(H,40,41)/t36-,37+/m0/s1. The van der Waals surface area contributed by atoms with Gasteiger partial charge in [-0.05, 0) is 55.3 Å². The van der Waals surface area contributed by atoms with Crippen LogP contribution in [0.2, 0.25) is 0 Å². The summed E-state index contributed by atoms with van der Waals surface area (Å²) in [5.41, 5.74) is 4.26. The third kappa shape index (κ3) is 10.2. The summed E-state index contributed by atoms with van der Waals surface area (Å²) < 4.78 is 36.0. The summed E-state index contributed by atoms with van der Waals surface area (Å²) in [4.78, 5) is 8.90. The number of fused-ring (bicyclic) bond motifs is 1. The van der Waals surface area contributed by atoms with Crippen molar-refractivity contribution in [2.75, 3.05) is 45.6 Å². The number of nitrogens with one attached hydrogen (secondary N) is 1. The summed E-state index contributed by atoms with van der Waals surface area (Å²) in [6, 6.07) is 35.2. The van der Waals surface area contributed by atoms with Gasteiger partial charge in [-0.2, -0.15) is 9.29 Å². The predicted molar refractivity (Wildman–Crippen MR) is 197 cm³/mol. The van der Waals surface area contributed by atoms with E-state index in [0.717, 1.165) is 23.2 Å². The van der Waals surface area contributed by atoms with Gasteiger partial charge in [0.2, 0.25) is 10.0 Å². The van der Waals surface area contributed by atoms with Crippen molar-refractivity contribution in [2.45, 2.75) is 50.4 Å². The van der Waals surface area contributed by atoms with E-state index in [0.29, 0.717) is 43.2 Å². The minimum Gasteiger partial charge on any atom is -0.424 e. The lowest BCUT2D eigenvalue weighted by Crippen LogP contribution is -2.50. The van der Waals surface area contributed by atoms with Crippen LogP contribution in [0.4, 0.5) is 6.01 Å². The number of nitrogens with zero attached hydrogens (tertiary/aromatic N) is 4. The Morgan fingerprint density at radius 3 is 1.92 bits per heavy atom. The second-order valence-corrected chi connectivity index (χ2v) is 15.2. The number of benzene rings is 4. The zero-order valence-corrected chi connectivity index (χ0v) is 29.8. The highest BCUT2D eigenvalue weighted by atomic mass is 32.2. The average Bonchev–Trinajstić information content (AvgIpc) is 3.50. The average molecular weight is 684 g/mol. The fourth-order valence-electron chi connectivity index (χ4n) is 5.98. The van der Waals surface area contributed by atoms with Gasteiger partial charge < -0.3 is 19.7 Å². The van der Waals surface area contributed by atoms with E-state index in [4.69, 9.17) is 4.42 Å². The van der Waals surface area contributed by atoms with Crippen LogP contribution < -0.4 is 5.32 Å². The van der Waals surface area contributed by atoms with E-state index in [9.17, 15) is 13.5 Å². The summed E-state index contributed by atoms with van der Waals surface area (Å²) in [6.45, 7) is 6.77. The van der Waals surface area contributed by atoms with Crippen molar-refractivity contribution < 1.29 is 17.9 Å². The molecular weight excluding hydrogens is 635 g/mol. The molecule has 5 aromatic rings. The highest BCUT2D eigenvalue weighted by Crippen LogP contribution is 2.27. The maximum Gasteiger partial charge on any atom is 0.295 e. The maximum atomic E-state index is 14.4. The van der Waals surface area contributed by atoms with E-state index in [1.807, 2.05) is 87.4 Å². The maximum absolute atomic E-state index is 14.4. The number of anilines is 1. The summed E-state index contributed by atoms with van der Waals surface area (Å²) in [7, 11) is -0.0418. The van der Waals surface area contributed by atoms with Crippen molar-refractivity contribution in [1.82, 2.24) is 19.1 Å². The topological polar surface area (TPSA) is 102 Å². The van der Waals surface area contributed by atoms with Gasteiger partial charge in [0.05, 0.1) is 11.0 Å². The van der Waals surface area contributed by atoms with E-state index in [2.05, 4.69) is 51.6 Å². The summed E-state index contributed by atoms with van der Waals surface area (Å²) in [5, 5.41) is 15.4. The molecule has 5 rings (SSSR count). The van der Waals surface area contributed by atoms with Crippen LogP contribution in [0.15, 0.2) is 119 Å². The van der Waals surface area contributed by atoms with E-state index >= 15 is 0 Å². The van der Waals surface area contributed by atoms with Crippen molar-refractivity contribution in [3.63, 3.8) is 0 Å². The number of sulfonamides is 1. The number of hydrogen-bond acceptors (Lipinski definition) is 8. The van der Waals surface area contributed by atoms with Gasteiger partial charge in [-0.15, -0.1) is 0 Å². The molecule has 0 bridgehead atoms. The fourth-order valence-corrected chi connectivity index (χ4v) is 7.61. The predicted octanol–water partition coefficient (Wildman–Crippen LogP) is 6.12. The lowest BCUT2D eigenvalue weighted by Gasteiger charge is -2.37. The molecule has 260 valence electrons. The molecule has 0 amide bonds. The van der Waals surface area contributed by atoms with Gasteiger partial charge >= 0.3 is 0 Å². The third-order valence-electron chi connectivity index (χ3n) is 8.45. The second kappa shape index (κ2) is 17.0. The minimum absolute atomic E-state index is 0.0285. The zero-order chi connectivity index (χ0) is 34.8. The SMILES string of the molecule is CC(C)CN(C[C@@H](O)[C@H](Cc1ccccc1)N(Cc1ccccc1)Cc1ccccc1)S(=O)(=O)c1ccc2nc(NCCN(C)C)oc2c1. The van der Waals surface area contributed by atoms with Crippen molar-refractivity contribution >= 4 is 27.1 Å². The van der Waals surface area contributed by atoms with Crippen molar-refractivity contribution in [3.8, 4) is 0 Å². The Hall–Kier alpha value is -4.06. The number of likely N-dealkylation sites (N-methyl/N-ethyl adjacent to an activating group) is 1. The Morgan fingerprint density at radius 1 is 0.796 bits per heavy atom. The quantitative estimate of drug-likeness (QED) is 0.114. The Bertz CT molecular complexity index is 1790. The van der Waals surface area contributed by atoms with Crippen LogP contribution in [0.5, 0.6) is 0 Å². The first-order valence-electron chi connectivity index (χ1n) is 16.9. The lowest BCUT2D eigenvalue weighted by molar-refractivity contribution is 0.0273. The molecule has 0 unspecified atom stereocenters. The van der Waals surface area contributed by atoms with Crippen molar-refractivity contribution in [3.05, 3.63) is 126 Å². The Kier molecular flexibility index (Phi) is 12.6. The highest BCUT2D eigenvalue weighted by Gasteiger charge is 2.34. The number of rotatable bonds is 18. The molecule has 49 heavy (non-hydrogen) atoms. The van der Waals surface area contributed by atoms with Crippen LogP contribution in [0.25, 0.3) is 11.1 Å². The number of aliphatic hydroxyl groups is 1. The molecule has 0 aliphatic carbocycles. The fraction of sp³-hybridized carbons (Fsp3) is 0.359. The first-order valence-corrected chi connectivity index (χ1v) is 18.4. The van der Waals surface area contributed by atoms with Gasteiger partial charge in [0.15, 0.2) is 5.58 Å². The van der Waals surface area contributed by atoms with Crippen LogP contribution in [-0.2, 0) is 29.5 Å². The summed E-state index contributed by atoms with van der Waals surface area (Å²) in [5.74, 6) is 0.0285. The van der Waals surface area contributed by atoms with Crippen LogP contribution in [0.1, 0.15) is 30.5 Å². The first kappa shape index (κ1) is 36.2. The first-order chi connectivity index (χ1) is 23.6. The molecule has 1 heterocycles. The van der Waals surface area contributed by atoms with Crippen LogP contribution >= 0.6 is 0 Å². The van der Waals surface area contributed by atoms with Gasteiger partial charge in [-0.1, -0.05) is 105 Å². The van der Waals surface area contributed by atoms with Crippen LogP contribution in [0.3, 0.4) is 0 Å². The molecule has 0 aliphatic heterocycles. The summed E-state index contributed by atoms with van der Waals surface area (Å²) >= 11 is 0. The van der Waals surface area contributed by atoms with E-state index in [-0.39, 0.29) is 29.9 Å². The molecule has 0 spiro atoms. The molecule has 4 aromatic carbocycles. The van der Waals surface area contributed by atoms with Gasteiger partial charge in [0.1, 0.15) is 5.52 Å². The smallest absolute Gasteiger partial charge is 0.295 e. The van der Waals surface area contributed by atoms with Crippen molar-refractivity contribution in [1.29, 1.82) is 0 Å². The Labute approximate surface area is 291 Å². The molecule has 2 atom stereocenters. The molecule has 0 saturated carbocycles. The van der Waals surface area contributed by atoms with E-state index in [1.54, 1.807) is 12.1 Å². The van der Waals surface area contributed by atoms with E-state index < -0.39 is 16.1 Å². The molecule has 2 N–H and O–H groups in total. The van der Waals surface area contributed by atoms with Crippen LogP contribution in [-0.4, -0.2) is 85.0 Å². The molecule has 0 radical (unpaired) electrons. The van der Waals surface area contributed by atoms with Gasteiger partial charge in [-0.3, -0.25) is 4.90 Å². The molecule has 0 fully saturated rings. The van der Waals surface area contributed by atoms with E-state index in [1.165, 1.54) is 10.4 Å². The normalized spacial score (nSPS) is 13.5. The summed E-state index contributed by atoms with van der Waals surface area (Å²) in [6.07, 6.45) is -0.451. The molecular formula is C39H49N5O4S.